The zero-order valence-corrected chi connectivity index (χ0v) is 11.5. The Labute approximate surface area is 115 Å². The summed E-state index contributed by atoms with van der Waals surface area (Å²) in [7, 11) is 1.81. The zero-order chi connectivity index (χ0) is 13.0. The van der Waals surface area contributed by atoms with E-state index in [2.05, 4.69) is 21.4 Å². The van der Waals surface area contributed by atoms with Crippen molar-refractivity contribution in [2.24, 2.45) is 0 Å². The van der Waals surface area contributed by atoms with Crippen LogP contribution in [-0.2, 0) is 0 Å². The lowest BCUT2D eigenvalue weighted by Gasteiger charge is -2.20. The highest BCUT2D eigenvalue weighted by molar-refractivity contribution is 9.10. The number of carbonyl (C=O) groups is 1. The van der Waals surface area contributed by atoms with Gasteiger partial charge in [0, 0.05) is 17.1 Å². The van der Waals surface area contributed by atoms with Crippen LogP contribution in [0.25, 0.3) is 0 Å². The molecule has 2 aromatic carbocycles. The lowest BCUT2D eigenvalue weighted by molar-refractivity contribution is 0.0951. The molecule has 92 valence electrons. The molecule has 0 aliphatic rings. The van der Waals surface area contributed by atoms with Gasteiger partial charge in [-0.15, -0.1) is 0 Å². The molecule has 0 heterocycles. The minimum Gasteiger partial charge on any atom is -0.288 e. The smallest absolute Gasteiger partial charge is 0.269 e. The van der Waals surface area contributed by atoms with Crippen LogP contribution in [0.5, 0.6) is 0 Å². The van der Waals surface area contributed by atoms with E-state index in [0.717, 1.165) is 10.2 Å². The summed E-state index contributed by atoms with van der Waals surface area (Å²) < 4.78 is 0.954. The van der Waals surface area contributed by atoms with Gasteiger partial charge >= 0.3 is 0 Å². The topological polar surface area (TPSA) is 32.3 Å². The van der Waals surface area contributed by atoms with Gasteiger partial charge in [-0.1, -0.05) is 34.1 Å². The van der Waals surface area contributed by atoms with Gasteiger partial charge in [-0.2, -0.15) is 0 Å². The zero-order valence-electron chi connectivity index (χ0n) is 9.93. The molecule has 3 nitrogen and oxygen atoms in total. The number of para-hydroxylation sites is 1. The predicted octanol–water partition coefficient (Wildman–Crippen LogP) is 3.23. The summed E-state index contributed by atoms with van der Waals surface area (Å²) in [6.45, 7) is 0. The highest BCUT2D eigenvalue weighted by Gasteiger charge is 2.07. The van der Waals surface area contributed by atoms with Crippen LogP contribution in [0.2, 0.25) is 0 Å². The van der Waals surface area contributed by atoms with Crippen molar-refractivity contribution in [1.82, 2.24) is 5.43 Å². The molecule has 0 aliphatic heterocycles. The monoisotopic (exact) mass is 304 g/mol. The fourth-order valence-corrected chi connectivity index (χ4v) is 1.80. The first-order chi connectivity index (χ1) is 8.66. The Morgan fingerprint density at radius 2 is 1.67 bits per heavy atom. The van der Waals surface area contributed by atoms with Crippen molar-refractivity contribution in [3.8, 4) is 0 Å². The molecule has 1 amide bonds. The Bertz CT molecular complexity index is 525. The van der Waals surface area contributed by atoms with Gasteiger partial charge in [0.2, 0.25) is 0 Å². The van der Waals surface area contributed by atoms with Crippen LogP contribution in [0, 0.1) is 0 Å². The van der Waals surface area contributed by atoms with E-state index in [1.165, 1.54) is 0 Å². The molecular weight excluding hydrogens is 292 g/mol. The van der Waals surface area contributed by atoms with Gasteiger partial charge in [0.25, 0.3) is 5.91 Å². The average Bonchev–Trinajstić information content (AvgIpc) is 2.40. The van der Waals surface area contributed by atoms with Crippen LogP contribution in [0.3, 0.4) is 0 Å². The number of hydrogen-bond acceptors (Lipinski definition) is 2. The van der Waals surface area contributed by atoms with Crippen molar-refractivity contribution in [3.05, 3.63) is 64.6 Å². The summed E-state index contributed by atoms with van der Waals surface area (Å²) in [6, 6.07) is 16.9. The summed E-state index contributed by atoms with van der Waals surface area (Å²) in [4.78, 5) is 12.0. The largest absolute Gasteiger partial charge is 0.288 e. The second-order valence-electron chi connectivity index (χ2n) is 3.84. The number of halogens is 1. The lowest BCUT2D eigenvalue weighted by atomic mass is 10.2. The number of benzene rings is 2. The number of rotatable bonds is 3. The molecule has 0 atom stereocenters. The van der Waals surface area contributed by atoms with Gasteiger partial charge in [0.1, 0.15) is 0 Å². The van der Waals surface area contributed by atoms with Gasteiger partial charge in [0.15, 0.2) is 0 Å². The van der Waals surface area contributed by atoms with E-state index >= 15 is 0 Å². The molecule has 0 spiro atoms. The van der Waals surface area contributed by atoms with Crippen LogP contribution in [-0.4, -0.2) is 13.0 Å². The number of amides is 1. The van der Waals surface area contributed by atoms with Crippen molar-refractivity contribution in [3.63, 3.8) is 0 Å². The molecule has 0 saturated carbocycles. The van der Waals surface area contributed by atoms with E-state index in [0.29, 0.717) is 5.56 Å². The first-order valence-electron chi connectivity index (χ1n) is 5.52. The molecular formula is C14H13BrN2O. The number of hydrazine groups is 1. The third-order valence-electron chi connectivity index (χ3n) is 2.52. The molecule has 0 saturated heterocycles. The summed E-state index contributed by atoms with van der Waals surface area (Å²) in [5.74, 6) is -0.131. The highest BCUT2D eigenvalue weighted by atomic mass is 79.9. The number of nitrogens with one attached hydrogen (secondary N) is 1. The third-order valence-corrected chi connectivity index (χ3v) is 3.05. The van der Waals surface area contributed by atoms with E-state index in [9.17, 15) is 4.79 Å². The van der Waals surface area contributed by atoms with Crippen LogP contribution < -0.4 is 10.4 Å². The second kappa shape index (κ2) is 5.69. The van der Waals surface area contributed by atoms with Gasteiger partial charge < -0.3 is 0 Å². The second-order valence-corrected chi connectivity index (χ2v) is 4.76. The van der Waals surface area contributed by atoms with Gasteiger partial charge in [-0.05, 0) is 36.4 Å². The maximum absolute atomic E-state index is 12.0. The van der Waals surface area contributed by atoms with Crippen LogP contribution in [0.1, 0.15) is 10.4 Å². The molecule has 4 heteroatoms. The van der Waals surface area contributed by atoms with Crippen LogP contribution in [0.4, 0.5) is 5.69 Å². The third kappa shape index (κ3) is 3.11. The van der Waals surface area contributed by atoms with E-state index in [4.69, 9.17) is 0 Å². The first-order valence-corrected chi connectivity index (χ1v) is 6.31. The Morgan fingerprint density at radius 3 is 2.28 bits per heavy atom. The minimum absolute atomic E-state index is 0.131. The maximum atomic E-state index is 12.0. The molecule has 0 fully saturated rings. The molecule has 18 heavy (non-hydrogen) atoms. The fourth-order valence-electron chi connectivity index (χ4n) is 1.53. The van der Waals surface area contributed by atoms with Crippen molar-refractivity contribution in [1.29, 1.82) is 0 Å². The molecule has 2 aromatic rings. The maximum Gasteiger partial charge on any atom is 0.269 e. The van der Waals surface area contributed by atoms with Crippen molar-refractivity contribution < 1.29 is 4.79 Å². The summed E-state index contributed by atoms with van der Waals surface area (Å²) in [6.07, 6.45) is 0. The van der Waals surface area contributed by atoms with E-state index < -0.39 is 0 Å². The first kappa shape index (κ1) is 12.6. The SMILES string of the molecule is CN(NC(=O)c1ccc(Br)cc1)c1ccccc1. The Hall–Kier alpha value is -1.81. The van der Waals surface area contributed by atoms with Crippen molar-refractivity contribution in [2.75, 3.05) is 12.1 Å². The predicted molar refractivity (Wildman–Crippen MR) is 76.5 cm³/mol. The average molecular weight is 305 g/mol. The van der Waals surface area contributed by atoms with E-state index in [1.807, 2.05) is 49.5 Å². The number of anilines is 1. The fraction of sp³-hybridized carbons (Fsp3) is 0.0714. The summed E-state index contributed by atoms with van der Waals surface area (Å²) >= 11 is 3.34. The Kier molecular flexibility index (Phi) is 3.99. The molecule has 0 aliphatic carbocycles. The highest BCUT2D eigenvalue weighted by Crippen LogP contribution is 2.12. The molecule has 0 radical (unpaired) electrons. The Balaban J connectivity index is 2.06. The lowest BCUT2D eigenvalue weighted by Crippen LogP contribution is -2.39. The van der Waals surface area contributed by atoms with E-state index in [1.54, 1.807) is 17.1 Å². The quantitative estimate of drug-likeness (QED) is 0.883. The minimum atomic E-state index is -0.131. The van der Waals surface area contributed by atoms with Gasteiger partial charge in [-0.25, -0.2) is 0 Å². The normalized spacial score (nSPS) is 9.89. The summed E-state index contributed by atoms with van der Waals surface area (Å²) in [5, 5.41) is 1.70. The summed E-state index contributed by atoms with van der Waals surface area (Å²) in [5.41, 5.74) is 4.37. The van der Waals surface area contributed by atoms with Crippen molar-refractivity contribution >= 4 is 27.5 Å². The number of hydrogen-bond donors (Lipinski definition) is 1. The molecule has 0 unspecified atom stereocenters. The molecule has 1 N–H and O–H groups in total. The molecule has 2 rings (SSSR count). The van der Waals surface area contributed by atoms with Gasteiger partial charge in [-0.3, -0.25) is 15.2 Å². The Morgan fingerprint density at radius 1 is 1.06 bits per heavy atom. The standard InChI is InChI=1S/C14H13BrN2O/c1-17(13-5-3-2-4-6-13)16-14(18)11-7-9-12(15)10-8-11/h2-10H,1H3,(H,16,18). The van der Waals surface area contributed by atoms with Crippen molar-refractivity contribution in [2.45, 2.75) is 0 Å². The van der Waals surface area contributed by atoms with E-state index in [-0.39, 0.29) is 5.91 Å². The number of nitrogens with zero attached hydrogens (tertiary/aromatic N) is 1. The van der Waals surface area contributed by atoms with Gasteiger partial charge in [0.05, 0.1) is 5.69 Å². The van der Waals surface area contributed by atoms with Crippen LogP contribution in [0.15, 0.2) is 59.1 Å². The van der Waals surface area contributed by atoms with Crippen LogP contribution >= 0.6 is 15.9 Å². The molecule has 0 aromatic heterocycles. The molecule has 0 bridgehead atoms. The number of carbonyl (C=O) groups excluding carboxylic acids is 1.